The summed E-state index contributed by atoms with van der Waals surface area (Å²) in [4.78, 5) is 11.9. The number of rotatable bonds is 8. The second kappa shape index (κ2) is 8.82. The van der Waals surface area contributed by atoms with Gasteiger partial charge in [0, 0.05) is 17.5 Å². The highest BCUT2D eigenvalue weighted by Crippen LogP contribution is 2.31. The highest BCUT2D eigenvalue weighted by molar-refractivity contribution is 6.31. The molecule has 0 heterocycles. The Morgan fingerprint density at radius 2 is 2.00 bits per heavy atom. The third kappa shape index (κ3) is 5.39. The molecular formula is C15H23ClN2O2. The molecule has 1 rings (SSSR count). The molecule has 3 N–H and O–H groups in total. The van der Waals surface area contributed by atoms with Crippen molar-refractivity contribution >= 4 is 23.2 Å². The van der Waals surface area contributed by atoms with Gasteiger partial charge in [-0.1, -0.05) is 24.4 Å². The van der Waals surface area contributed by atoms with Crippen molar-refractivity contribution in [2.75, 3.05) is 19.0 Å². The van der Waals surface area contributed by atoms with Crippen molar-refractivity contribution < 1.29 is 9.53 Å². The minimum Gasteiger partial charge on any atom is -0.495 e. The number of hydrogen-bond acceptors (Lipinski definition) is 3. The Morgan fingerprint density at radius 3 is 2.65 bits per heavy atom. The van der Waals surface area contributed by atoms with Gasteiger partial charge >= 0.3 is 0 Å². The minimum atomic E-state index is -0.00206. The zero-order valence-corrected chi connectivity index (χ0v) is 12.9. The van der Waals surface area contributed by atoms with Crippen molar-refractivity contribution in [1.82, 2.24) is 0 Å². The number of anilines is 1. The molecule has 0 unspecified atom stereocenters. The van der Waals surface area contributed by atoms with Crippen LogP contribution in [0.25, 0.3) is 0 Å². The van der Waals surface area contributed by atoms with Gasteiger partial charge in [-0.2, -0.15) is 0 Å². The average Bonchev–Trinajstić information content (AvgIpc) is 2.42. The molecule has 0 atom stereocenters. The van der Waals surface area contributed by atoms with Gasteiger partial charge in [0.15, 0.2) is 0 Å². The van der Waals surface area contributed by atoms with Gasteiger partial charge in [0.25, 0.3) is 0 Å². The molecule has 0 saturated heterocycles. The van der Waals surface area contributed by atoms with Gasteiger partial charge in [-0.15, -0.1) is 0 Å². The van der Waals surface area contributed by atoms with E-state index in [1.807, 2.05) is 13.0 Å². The SMILES string of the molecule is COc1cc(Cl)c(C)cc1NC(=O)CCCCCCN. The Hall–Kier alpha value is -1.26. The summed E-state index contributed by atoms with van der Waals surface area (Å²) in [6.45, 7) is 2.61. The highest BCUT2D eigenvalue weighted by Gasteiger charge is 2.10. The second-order valence-corrected chi connectivity index (χ2v) is 5.21. The first kappa shape index (κ1) is 16.8. The summed E-state index contributed by atoms with van der Waals surface area (Å²) < 4.78 is 5.23. The monoisotopic (exact) mass is 298 g/mol. The molecule has 1 amide bonds. The molecule has 0 aliphatic heterocycles. The number of hydrogen-bond donors (Lipinski definition) is 2. The summed E-state index contributed by atoms with van der Waals surface area (Å²) in [5.41, 5.74) is 7.00. The largest absolute Gasteiger partial charge is 0.495 e. The first-order valence-corrected chi connectivity index (χ1v) is 7.30. The van der Waals surface area contributed by atoms with Crippen LogP contribution >= 0.6 is 11.6 Å². The van der Waals surface area contributed by atoms with E-state index in [-0.39, 0.29) is 5.91 Å². The first-order valence-electron chi connectivity index (χ1n) is 6.92. The maximum absolute atomic E-state index is 11.9. The van der Waals surface area contributed by atoms with Gasteiger partial charge in [-0.05, 0) is 37.9 Å². The van der Waals surface area contributed by atoms with Crippen LogP contribution in [0.3, 0.4) is 0 Å². The van der Waals surface area contributed by atoms with Gasteiger partial charge < -0.3 is 15.8 Å². The molecule has 0 aliphatic rings. The molecule has 0 aliphatic carbocycles. The second-order valence-electron chi connectivity index (χ2n) is 4.80. The van der Waals surface area contributed by atoms with Gasteiger partial charge in [0.1, 0.15) is 5.75 Å². The lowest BCUT2D eigenvalue weighted by molar-refractivity contribution is -0.116. The van der Waals surface area contributed by atoms with Crippen molar-refractivity contribution in [1.29, 1.82) is 0 Å². The van der Waals surface area contributed by atoms with Gasteiger partial charge in [-0.3, -0.25) is 4.79 Å². The lowest BCUT2D eigenvalue weighted by Crippen LogP contribution is -2.12. The van der Waals surface area contributed by atoms with Crippen molar-refractivity contribution in [3.8, 4) is 5.75 Å². The molecule has 1 aromatic carbocycles. The molecule has 20 heavy (non-hydrogen) atoms. The Bertz CT molecular complexity index is 450. The number of methoxy groups -OCH3 is 1. The first-order chi connectivity index (χ1) is 9.58. The van der Waals surface area contributed by atoms with Crippen LogP contribution in [-0.2, 0) is 4.79 Å². The number of nitrogens with two attached hydrogens (primary N) is 1. The number of benzene rings is 1. The lowest BCUT2D eigenvalue weighted by atomic mass is 10.1. The van der Waals surface area contributed by atoms with Crippen LogP contribution in [-0.4, -0.2) is 19.6 Å². The van der Waals surface area contributed by atoms with Crippen LogP contribution in [0, 0.1) is 6.92 Å². The van der Waals surface area contributed by atoms with E-state index in [1.165, 1.54) is 0 Å². The molecule has 0 fully saturated rings. The Kier molecular flexibility index (Phi) is 7.41. The predicted octanol–water partition coefficient (Wildman–Crippen LogP) is 3.50. The molecule has 0 spiro atoms. The van der Waals surface area contributed by atoms with E-state index in [0.29, 0.717) is 29.4 Å². The van der Waals surface area contributed by atoms with E-state index in [2.05, 4.69) is 5.32 Å². The third-order valence-corrected chi connectivity index (χ3v) is 3.52. The standard InChI is InChI=1S/C15H23ClN2O2/c1-11-9-13(14(20-2)10-12(11)16)18-15(19)7-5-3-4-6-8-17/h9-10H,3-8,17H2,1-2H3,(H,18,19). The fourth-order valence-electron chi connectivity index (χ4n) is 1.93. The summed E-state index contributed by atoms with van der Waals surface area (Å²) in [5, 5.41) is 3.50. The maximum atomic E-state index is 11.9. The maximum Gasteiger partial charge on any atom is 0.224 e. The van der Waals surface area contributed by atoms with Crippen LogP contribution in [0.5, 0.6) is 5.75 Å². The number of amides is 1. The number of carbonyl (C=O) groups is 1. The molecule has 0 radical (unpaired) electrons. The van der Waals surface area contributed by atoms with Crippen molar-refractivity contribution in [3.05, 3.63) is 22.7 Å². The molecule has 0 saturated carbocycles. The number of aryl methyl sites for hydroxylation is 1. The molecule has 0 aromatic heterocycles. The molecule has 0 bridgehead atoms. The Morgan fingerprint density at radius 1 is 1.30 bits per heavy atom. The zero-order chi connectivity index (χ0) is 15.0. The van der Waals surface area contributed by atoms with Crippen molar-refractivity contribution in [3.63, 3.8) is 0 Å². The molecule has 5 heteroatoms. The molecule has 4 nitrogen and oxygen atoms in total. The third-order valence-electron chi connectivity index (χ3n) is 3.11. The Balaban J connectivity index is 2.51. The van der Waals surface area contributed by atoms with E-state index in [4.69, 9.17) is 22.1 Å². The molecule has 112 valence electrons. The van der Waals surface area contributed by atoms with E-state index in [1.54, 1.807) is 13.2 Å². The van der Waals surface area contributed by atoms with Crippen LogP contribution in [0.4, 0.5) is 5.69 Å². The predicted molar refractivity (Wildman–Crippen MR) is 83.5 cm³/mol. The zero-order valence-electron chi connectivity index (χ0n) is 12.2. The minimum absolute atomic E-state index is 0.00206. The van der Waals surface area contributed by atoms with E-state index < -0.39 is 0 Å². The van der Waals surface area contributed by atoms with Gasteiger partial charge in [-0.25, -0.2) is 0 Å². The van der Waals surface area contributed by atoms with E-state index in [0.717, 1.165) is 31.2 Å². The van der Waals surface area contributed by atoms with Crippen LogP contribution in [0.2, 0.25) is 5.02 Å². The highest BCUT2D eigenvalue weighted by atomic mass is 35.5. The summed E-state index contributed by atoms with van der Waals surface area (Å²) >= 11 is 6.03. The quantitative estimate of drug-likeness (QED) is 0.722. The number of unbranched alkanes of at least 4 members (excludes halogenated alkanes) is 3. The fourth-order valence-corrected chi connectivity index (χ4v) is 2.08. The summed E-state index contributed by atoms with van der Waals surface area (Å²) in [6, 6.07) is 3.54. The summed E-state index contributed by atoms with van der Waals surface area (Å²) in [5.74, 6) is 0.579. The fraction of sp³-hybridized carbons (Fsp3) is 0.533. The summed E-state index contributed by atoms with van der Waals surface area (Å²) in [6.07, 6.45) is 4.51. The molecular weight excluding hydrogens is 276 g/mol. The van der Waals surface area contributed by atoms with Crippen LogP contribution < -0.4 is 15.8 Å². The topological polar surface area (TPSA) is 64.3 Å². The lowest BCUT2D eigenvalue weighted by Gasteiger charge is -2.12. The number of halogens is 1. The smallest absolute Gasteiger partial charge is 0.224 e. The Labute approximate surface area is 125 Å². The van der Waals surface area contributed by atoms with Gasteiger partial charge in [0.2, 0.25) is 5.91 Å². The van der Waals surface area contributed by atoms with E-state index in [9.17, 15) is 4.79 Å². The average molecular weight is 299 g/mol. The molecule has 1 aromatic rings. The summed E-state index contributed by atoms with van der Waals surface area (Å²) in [7, 11) is 1.56. The number of nitrogens with one attached hydrogen (secondary N) is 1. The normalized spacial score (nSPS) is 10.4. The van der Waals surface area contributed by atoms with Crippen LogP contribution in [0.1, 0.15) is 37.7 Å². The van der Waals surface area contributed by atoms with Crippen molar-refractivity contribution in [2.24, 2.45) is 5.73 Å². The van der Waals surface area contributed by atoms with Crippen molar-refractivity contribution in [2.45, 2.75) is 39.0 Å². The number of ether oxygens (including phenoxy) is 1. The number of carbonyl (C=O) groups excluding carboxylic acids is 1. The van der Waals surface area contributed by atoms with Gasteiger partial charge in [0.05, 0.1) is 12.8 Å². The van der Waals surface area contributed by atoms with E-state index >= 15 is 0 Å². The van der Waals surface area contributed by atoms with Crippen LogP contribution in [0.15, 0.2) is 12.1 Å².